The van der Waals surface area contributed by atoms with Crippen LogP contribution in [0.15, 0.2) is 48.5 Å². The Morgan fingerprint density at radius 1 is 1.13 bits per heavy atom. The number of aliphatic hydroxyl groups excluding tert-OH is 1. The second-order valence-electron chi connectivity index (χ2n) is 8.17. The first-order chi connectivity index (χ1) is 14.7. The molecule has 8 nitrogen and oxygen atoms in total. The molecule has 1 saturated carbocycles. The van der Waals surface area contributed by atoms with Gasteiger partial charge < -0.3 is 25.6 Å². The number of hydrogen-bond acceptors (Lipinski definition) is 6. The van der Waals surface area contributed by atoms with Crippen molar-refractivity contribution in [3.05, 3.63) is 59.7 Å². The van der Waals surface area contributed by atoms with E-state index in [0.29, 0.717) is 16.8 Å². The Balaban J connectivity index is 1.55. The summed E-state index contributed by atoms with van der Waals surface area (Å²) in [6, 6.07) is 12.7. The van der Waals surface area contributed by atoms with E-state index in [1.165, 1.54) is 26.0 Å². The number of nitrogens with one attached hydrogen (secondary N) is 2. The number of aliphatic hydroxyl groups is 1. The molecule has 8 heteroatoms. The maximum atomic E-state index is 12.5. The smallest absolute Gasteiger partial charge is 0.315 e. The Kier molecular flexibility index (Phi) is 6.60. The number of rotatable bonds is 8. The van der Waals surface area contributed by atoms with Gasteiger partial charge in [0, 0.05) is 17.3 Å². The van der Waals surface area contributed by atoms with Gasteiger partial charge in [-0.05, 0) is 62.6 Å². The molecule has 2 amide bonds. The minimum atomic E-state index is -1.35. The zero-order chi connectivity index (χ0) is 22.6. The van der Waals surface area contributed by atoms with Crippen LogP contribution in [0.4, 0.5) is 5.69 Å². The zero-order valence-electron chi connectivity index (χ0n) is 17.4. The van der Waals surface area contributed by atoms with Crippen LogP contribution in [-0.4, -0.2) is 40.6 Å². The lowest BCUT2D eigenvalue weighted by Crippen LogP contribution is -2.35. The molecular weight excluding hydrogens is 400 g/mol. The molecule has 0 bridgehead atoms. The predicted octanol–water partition coefficient (Wildman–Crippen LogP) is 2.53. The third kappa shape index (κ3) is 5.82. The second kappa shape index (κ2) is 9.18. The van der Waals surface area contributed by atoms with Crippen molar-refractivity contribution in [2.75, 3.05) is 11.9 Å². The summed E-state index contributed by atoms with van der Waals surface area (Å²) in [5, 5.41) is 25.6. The molecule has 3 rings (SSSR count). The van der Waals surface area contributed by atoms with Gasteiger partial charge in [0.1, 0.15) is 5.75 Å². The molecule has 2 aromatic carbocycles. The second-order valence-corrected chi connectivity index (χ2v) is 8.17. The topological polar surface area (TPSA) is 125 Å². The summed E-state index contributed by atoms with van der Waals surface area (Å²) in [4.78, 5) is 36.8. The van der Waals surface area contributed by atoms with E-state index in [0.717, 1.165) is 12.8 Å². The molecule has 1 atom stereocenters. The molecule has 1 fully saturated rings. The van der Waals surface area contributed by atoms with Crippen molar-refractivity contribution in [1.29, 1.82) is 0 Å². The van der Waals surface area contributed by atoms with Crippen molar-refractivity contribution in [3.63, 3.8) is 0 Å². The first-order valence-electron chi connectivity index (χ1n) is 10.0. The van der Waals surface area contributed by atoms with Gasteiger partial charge in [0.2, 0.25) is 0 Å². The fourth-order valence-electron chi connectivity index (χ4n) is 2.97. The van der Waals surface area contributed by atoms with Gasteiger partial charge >= 0.3 is 5.97 Å². The van der Waals surface area contributed by atoms with Crippen molar-refractivity contribution < 1.29 is 29.3 Å². The number of amides is 2. The Bertz CT molecular complexity index is 984. The fraction of sp³-hybridized carbons (Fsp3) is 0.348. The molecule has 164 valence electrons. The van der Waals surface area contributed by atoms with E-state index in [4.69, 9.17) is 4.74 Å². The summed E-state index contributed by atoms with van der Waals surface area (Å²) >= 11 is 0. The average Bonchev–Trinajstić information content (AvgIpc) is 3.55. The molecule has 31 heavy (non-hydrogen) atoms. The van der Waals surface area contributed by atoms with Gasteiger partial charge in [-0.2, -0.15) is 0 Å². The first-order valence-corrected chi connectivity index (χ1v) is 10.0. The summed E-state index contributed by atoms with van der Waals surface area (Å²) in [7, 11) is 0. The molecule has 0 aromatic heterocycles. The van der Waals surface area contributed by atoms with E-state index >= 15 is 0 Å². The molecule has 0 radical (unpaired) electrons. The number of phenolic OH excluding ortho intramolecular Hbond substituents is 1. The number of carbonyl (C=O) groups is 3. The maximum absolute atomic E-state index is 12.5. The van der Waals surface area contributed by atoms with Crippen LogP contribution in [0.5, 0.6) is 5.75 Å². The number of benzene rings is 2. The van der Waals surface area contributed by atoms with E-state index in [-0.39, 0.29) is 17.7 Å². The Morgan fingerprint density at radius 3 is 2.52 bits per heavy atom. The molecule has 1 aliphatic rings. The van der Waals surface area contributed by atoms with Crippen molar-refractivity contribution in [2.45, 2.75) is 38.8 Å². The monoisotopic (exact) mass is 426 g/mol. The SMILES string of the molecule is CC(C)(C(=O)OCC(=O)Nc1cccc(C(=O)NC2CC2)c1)[C@H](O)c1cccc(O)c1. The van der Waals surface area contributed by atoms with E-state index in [9.17, 15) is 24.6 Å². The molecular formula is C23H26N2O6. The fourth-order valence-corrected chi connectivity index (χ4v) is 2.97. The predicted molar refractivity (Wildman–Crippen MR) is 113 cm³/mol. The first kappa shape index (κ1) is 22.3. The number of carbonyl (C=O) groups excluding carboxylic acids is 3. The molecule has 0 saturated heterocycles. The summed E-state index contributed by atoms with van der Waals surface area (Å²) in [5.41, 5.74) is -0.164. The maximum Gasteiger partial charge on any atom is 0.315 e. The highest BCUT2D eigenvalue weighted by atomic mass is 16.5. The molecule has 0 heterocycles. The lowest BCUT2D eigenvalue weighted by atomic mass is 9.82. The molecule has 4 N–H and O–H groups in total. The summed E-state index contributed by atoms with van der Waals surface area (Å²) < 4.78 is 5.10. The highest BCUT2D eigenvalue weighted by Gasteiger charge is 2.38. The Morgan fingerprint density at radius 2 is 1.84 bits per heavy atom. The average molecular weight is 426 g/mol. The highest BCUT2D eigenvalue weighted by Crippen LogP contribution is 2.35. The van der Waals surface area contributed by atoms with Crippen LogP contribution in [0.2, 0.25) is 0 Å². The molecule has 2 aromatic rings. The van der Waals surface area contributed by atoms with Crippen molar-refractivity contribution in [2.24, 2.45) is 5.41 Å². The van der Waals surface area contributed by atoms with Crippen LogP contribution in [0.3, 0.4) is 0 Å². The number of aromatic hydroxyl groups is 1. The minimum Gasteiger partial charge on any atom is -0.508 e. The van der Waals surface area contributed by atoms with Crippen molar-refractivity contribution in [1.82, 2.24) is 5.32 Å². The third-order valence-corrected chi connectivity index (χ3v) is 5.05. The largest absolute Gasteiger partial charge is 0.508 e. The van der Waals surface area contributed by atoms with Gasteiger partial charge in [-0.3, -0.25) is 14.4 Å². The molecule has 0 aliphatic heterocycles. The van der Waals surface area contributed by atoms with Crippen LogP contribution in [0.1, 0.15) is 48.7 Å². The number of esters is 1. The highest BCUT2D eigenvalue weighted by molar-refractivity contribution is 5.98. The number of hydrogen-bond donors (Lipinski definition) is 4. The summed E-state index contributed by atoms with van der Waals surface area (Å²) in [6.45, 7) is 2.43. The van der Waals surface area contributed by atoms with Crippen molar-refractivity contribution in [3.8, 4) is 5.75 Å². The molecule has 0 unspecified atom stereocenters. The lowest BCUT2D eigenvalue weighted by molar-refractivity contribution is -0.162. The van der Waals surface area contributed by atoms with Gasteiger partial charge in [0.25, 0.3) is 11.8 Å². The van der Waals surface area contributed by atoms with Gasteiger partial charge in [-0.15, -0.1) is 0 Å². The van der Waals surface area contributed by atoms with Gasteiger partial charge in [0.05, 0.1) is 11.5 Å². The van der Waals surface area contributed by atoms with Crippen LogP contribution in [0, 0.1) is 5.41 Å². The van der Waals surface area contributed by atoms with Gasteiger partial charge in [0.15, 0.2) is 6.61 Å². The van der Waals surface area contributed by atoms with Crippen molar-refractivity contribution >= 4 is 23.5 Å². The third-order valence-electron chi connectivity index (χ3n) is 5.05. The number of anilines is 1. The van der Waals surface area contributed by atoms with Crippen LogP contribution < -0.4 is 10.6 Å². The standard InChI is InChI=1S/C23H26N2O6/c1-23(2,20(28)14-5-4-8-18(26)12-14)22(30)31-13-19(27)24-17-7-3-6-15(11-17)21(29)25-16-9-10-16/h3-8,11-12,16,20,26,28H,9-10,13H2,1-2H3,(H,24,27)(H,25,29)/t20-/m1/s1. The van der Waals surface area contributed by atoms with Crippen LogP contribution in [-0.2, 0) is 14.3 Å². The van der Waals surface area contributed by atoms with E-state index < -0.39 is 30.0 Å². The van der Waals surface area contributed by atoms with Gasteiger partial charge in [-0.1, -0.05) is 18.2 Å². The Labute approximate surface area is 180 Å². The Hall–Kier alpha value is -3.39. The van der Waals surface area contributed by atoms with Gasteiger partial charge in [-0.25, -0.2) is 0 Å². The number of phenols is 1. The minimum absolute atomic E-state index is 0.0341. The summed E-state index contributed by atoms with van der Waals surface area (Å²) in [5.74, 6) is -1.58. The van der Waals surface area contributed by atoms with Crippen LogP contribution in [0.25, 0.3) is 0 Å². The normalized spacial score (nSPS) is 14.4. The van der Waals surface area contributed by atoms with Crippen LogP contribution >= 0.6 is 0 Å². The molecule has 0 spiro atoms. The zero-order valence-corrected chi connectivity index (χ0v) is 17.4. The van der Waals surface area contributed by atoms with E-state index in [1.54, 1.807) is 36.4 Å². The lowest BCUT2D eigenvalue weighted by Gasteiger charge is -2.28. The summed E-state index contributed by atoms with van der Waals surface area (Å²) in [6.07, 6.45) is 0.713. The van der Waals surface area contributed by atoms with E-state index in [1.807, 2.05) is 0 Å². The quantitative estimate of drug-likeness (QED) is 0.481. The van der Waals surface area contributed by atoms with E-state index in [2.05, 4.69) is 10.6 Å². The molecule has 1 aliphatic carbocycles. The number of ether oxygens (including phenoxy) is 1.